The van der Waals surface area contributed by atoms with Gasteiger partial charge >= 0.3 is 11.9 Å². The summed E-state index contributed by atoms with van der Waals surface area (Å²) in [7, 11) is 0. The van der Waals surface area contributed by atoms with Gasteiger partial charge in [0, 0.05) is 25.3 Å². The molecule has 0 aromatic carbocycles. The molecule has 0 aromatic heterocycles. The zero-order chi connectivity index (χ0) is 16.0. The Morgan fingerprint density at radius 3 is 2.29 bits per heavy atom. The van der Waals surface area contributed by atoms with E-state index in [1.165, 1.54) is 0 Å². The first-order chi connectivity index (χ1) is 9.81. The first-order valence-electron chi connectivity index (χ1n) is 6.83. The van der Waals surface area contributed by atoms with Gasteiger partial charge in [-0.3, -0.25) is 14.4 Å². The number of hydrogen-bond acceptors (Lipinski definition) is 4. The quantitative estimate of drug-likeness (QED) is 0.457. The average molecular weight is 300 g/mol. The van der Waals surface area contributed by atoms with E-state index in [2.05, 4.69) is 10.6 Å². The zero-order valence-electron chi connectivity index (χ0n) is 11.8. The Bertz CT molecular complexity index is 436. The molecule has 1 aliphatic rings. The number of carbonyl (C=O) groups excluding carboxylic acids is 2. The van der Waals surface area contributed by atoms with Gasteiger partial charge in [-0.1, -0.05) is 6.92 Å². The molecule has 1 aliphatic carbocycles. The fraction of sp³-hybridized carbons (Fsp3) is 0.692. The van der Waals surface area contributed by atoms with Gasteiger partial charge in [-0.2, -0.15) is 0 Å². The molecule has 3 unspecified atom stereocenters. The van der Waals surface area contributed by atoms with Gasteiger partial charge in [0.2, 0.25) is 11.8 Å². The first kappa shape index (κ1) is 16.9. The van der Waals surface area contributed by atoms with Crippen molar-refractivity contribution in [2.75, 3.05) is 6.54 Å². The Morgan fingerprint density at radius 2 is 1.81 bits per heavy atom. The lowest BCUT2D eigenvalue weighted by Gasteiger charge is -2.13. The number of carboxylic acid groups (broad SMARTS) is 2. The normalized spacial score (nSPS) is 21.2. The second kappa shape index (κ2) is 7.61. The number of rotatable bonds is 9. The molecule has 8 nitrogen and oxygen atoms in total. The SMILES string of the molecule is CC1CC1C(=O)NCCC(=O)NC(CCC(=O)O)C(=O)O. The Kier molecular flexibility index (Phi) is 6.13. The van der Waals surface area contributed by atoms with Crippen LogP contribution in [0.25, 0.3) is 0 Å². The third-order valence-electron chi connectivity index (χ3n) is 3.38. The summed E-state index contributed by atoms with van der Waals surface area (Å²) in [5, 5.41) is 22.3. The summed E-state index contributed by atoms with van der Waals surface area (Å²) in [5.74, 6) is -2.61. The van der Waals surface area contributed by atoms with Gasteiger partial charge in [0.25, 0.3) is 0 Å². The van der Waals surface area contributed by atoms with E-state index in [9.17, 15) is 19.2 Å². The maximum atomic E-state index is 11.6. The molecule has 1 fully saturated rings. The molecule has 8 heteroatoms. The largest absolute Gasteiger partial charge is 0.481 e. The monoisotopic (exact) mass is 300 g/mol. The van der Waals surface area contributed by atoms with Crippen LogP contribution in [0.15, 0.2) is 0 Å². The van der Waals surface area contributed by atoms with Crippen molar-refractivity contribution in [1.82, 2.24) is 10.6 Å². The minimum Gasteiger partial charge on any atom is -0.481 e. The molecule has 4 N–H and O–H groups in total. The topological polar surface area (TPSA) is 133 Å². The summed E-state index contributed by atoms with van der Waals surface area (Å²) in [4.78, 5) is 44.4. The van der Waals surface area contributed by atoms with Gasteiger partial charge in [-0.25, -0.2) is 4.79 Å². The van der Waals surface area contributed by atoms with Gasteiger partial charge < -0.3 is 20.8 Å². The highest BCUT2D eigenvalue weighted by Crippen LogP contribution is 2.37. The lowest BCUT2D eigenvalue weighted by Crippen LogP contribution is -2.42. The Hall–Kier alpha value is -2.12. The number of carboxylic acids is 2. The molecular weight excluding hydrogens is 280 g/mol. The van der Waals surface area contributed by atoms with Crippen LogP contribution in [-0.2, 0) is 19.2 Å². The van der Waals surface area contributed by atoms with Crippen molar-refractivity contribution >= 4 is 23.8 Å². The van der Waals surface area contributed by atoms with Crippen molar-refractivity contribution in [1.29, 1.82) is 0 Å². The van der Waals surface area contributed by atoms with Gasteiger partial charge in [0.1, 0.15) is 6.04 Å². The summed E-state index contributed by atoms with van der Waals surface area (Å²) >= 11 is 0. The summed E-state index contributed by atoms with van der Waals surface area (Å²) in [6.45, 7) is 2.11. The second-order valence-electron chi connectivity index (χ2n) is 5.25. The summed E-state index contributed by atoms with van der Waals surface area (Å²) < 4.78 is 0. The van der Waals surface area contributed by atoms with E-state index in [1.807, 2.05) is 6.92 Å². The summed E-state index contributed by atoms with van der Waals surface area (Å²) in [6, 6.07) is -1.23. The van der Waals surface area contributed by atoms with Gasteiger partial charge in [0.05, 0.1) is 0 Å². The Labute approximate surface area is 121 Å². The van der Waals surface area contributed by atoms with Crippen LogP contribution < -0.4 is 10.6 Å². The predicted octanol–water partition coefficient (Wildman–Crippen LogP) is -0.417. The van der Waals surface area contributed by atoms with E-state index in [0.29, 0.717) is 5.92 Å². The Balaban J connectivity index is 2.24. The van der Waals surface area contributed by atoms with Gasteiger partial charge in [0.15, 0.2) is 0 Å². The molecule has 0 radical (unpaired) electrons. The van der Waals surface area contributed by atoms with Crippen molar-refractivity contribution in [3.63, 3.8) is 0 Å². The van der Waals surface area contributed by atoms with Crippen LogP contribution >= 0.6 is 0 Å². The van der Waals surface area contributed by atoms with Crippen LogP contribution in [0.5, 0.6) is 0 Å². The molecule has 0 bridgehead atoms. The van der Waals surface area contributed by atoms with E-state index >= 15 is 0 Å². The molecule has 0 heterocycles. The first-order valence-corrected chi connectivity index (χ1v) is 6.83. The van der Waals surface area contributed by atoms with Gasteiger partial charge in [-0.15, -0.1) is 0 Å². The van der Waals surface area contributed by atoms with E-state index in [-0.39, 0.29) is 37.6 Å². The fourth-order valence-electron chi connectivity index (χ4n) is 1.91. The zero-order valence-corrected chi connectivity index (χ0v) is 11.8. The fourth-order valence-corrected chi connectivity index (χ4v) is 1.91. The standard InChI is InChI=1S/C13H20N2O6/c1-7-6-8(7)12(19)14-5-4-10(16)15-9(13(20)21)2-3-11(17)18/h7-9H,2-6H2,1H3,(H,14,19)(H,15,16)(H,17,18)(H,20,21). The van der Waals surface area contributed by atoms with Crippen LogP contribution in [0, 0.1) is 11.8 Å². The Morgan fingerprint density at radius 1 is 1.19 bits per heavy atom. The van der Waals surface area contributed by atoms with Gasteiger partial charge in [-0.05, 0) is 18.8 Å². The van der Waals surface area contributed by atoms with Crippen molar-refractivity contribution in [3.05, 3.63) is 0 Å². The van der Waals surface area contributed by atoms with E-state index in [1.54, 1.807) is 0 Å². The van der Waals surface area contributed by atoms with Crippen molar-refractivity contribution in [3.8, 4) is 0 Å². The maximum absolute atomic E-state index is 11.6. The molecule has 0 aliphatic heterocycles. The maximum Gasteiger partial charge on any atom is 0.326 e. The van der Waals surface area contributed by atoms with Crippen LogP contribution in [-0.4, -0.2) is 46.6 Å². The molecule has 0 saturated heterocycles. The van der Waals surface area contributed by atoms with Crippen LogP contribution in [0.2, 0.25) is 0 Å². The van der Waals surface area contributed by atoms with Crippen LogP contribution in [0.4, 0.5) is 0 Å². The molecule has 0 spiro atoms. The molecule has 1 rings (SSSR count). The number of carbonyl (C=O) groups is 4. The molecule has 118 valence electrons. The molecular formula is C13H20N2O6. The lowest BCUT2D eigenvalue weighted by atomic mass is 10.1. The van der Waals surface area contributed by atoms with Crippen LogP contribution in [0.1, 0.15) is 32.6 Å². The number of nitrogens with one attached hydrogen (secondary N) is 2. The lowest BCUT2D eigenvalue weighted by molar-refractivity contribution is -0.143. The predicted molar refractivity (Wildman–Crippen MR) is 71.3 cm³/mol. The highest BCUT2D eigenvalue weighted by Gasteiger charge is 2.38. The molecule has 0 aromatic rings. The number of aliphatic carboxylic acids is 2. The highest BCUT2D eigenvalue weighted by atomic mass is 16.4. The highest BCUT2D eigenvalue weighted by molar-refractivity contribution is 5.85. The molecule has 2 amide bonds. The van der Waals surface area contributed by atoms with E-state index in [0.717, 1.165) is 6.42 Å². The van der Waals surface area contributed by atoms with Crippen molar-refractivity contribution in [2.45, 2.75) is 38.6 Å². The number of hydrogen-bond donors (Lipinski definition) is 4. The number of amides is 2. The molecule has 21 heavy (non-hydrogen) atoms. The van der Waals surface area contributed by atoms with Crippen molar-refractivity contribution in [2.24, 2.45) is 11.8 Å². The third kappa shape index (κ3) is 6.24. The van der Waals surface area contributed by atoms with Crippen molar-refractivity contribution < 1.29 is 29.4 Å². The van der Waals surface area contributed by atoms with E-state index < -0.39 is 23.9 Å². The second-order valence-corrected chi connectivity index (χ2v) is 5.25. The minimum atomic E-state index is -1.28. The smallest absolute Gasteiger partial charge is 0.326 e. The molecule has 3 atom stereocenters. The average Bonchev–Trinajstić information content (AvgIpc) is 3.11. The third-order valence-corrected chi connectivity index (χ3v) is 3.38. The van der Waals surface area contributed by atoms with Crippen LogP contribution in [0.3, 0.4) is 0 Å². The molecule has 1 saturated carbocycles. The minimum absolute atomic E-state index is 0.0235. The summed E-state index contributed by atoms with van der Waals surface area (Å²) in [5.41, 5.74) is 0. The summed E-state index contributed by atoms with van der Waals surface area (Å²) in [6.07, 6.45) is 0.300. The van der Waals surface area contributed by atoms with E-state index in [4.69, 9.17) is 10.2 Å².